The average Bonchev–Trinajstić information content (AvgIpc) is 2.27. The van der Waals surface area contributed by atoms with Crippen molar-refractivity contribution in [3.05, 3.63) is 35.9 Å². The number of ether oxygens (including phenoxy) is 1. The number of hydrogen-bond acceptors (Lipinski definition) is 2. The van der Waals surface area contributed by atoms with Gasteiger partial charge < -0.3 is 4.74 Å². The highest BCUT2D eigenvalue weighted by molar-refractivity contribution is 5.78. The van der Waals surface area contributed by atoms with Crippen molar-refractivity contribution in [2.45, 2.75) is 32.3 Å². The van der Waals surface area contributed by atoms with Crippen LogP contribution in [0.4, 0.5) is 0 Å². The van der Waals surface area contributed by atoms with E-state index in [2.05, 4.69) is 19.1 Å². The summed E-state index contributed by atoms with van der Waals surface area (Å²) in [6.45, 7) is 2.12. The van der Waals surface area contributed by atoms with Gasteiger partial charge in [0.05, 0.1) is 5.92 Å². The molecule has 15 heavy (non-hydrogen) atoms. The maximum atomic E-state index is 11.3. The molecule has 80 valence electrons. The van der Waals surface area contributed by atoms with Crippen molar-refractivity contribution in [1.82, 2.24) is 0 Å². The fourth-order valence-electron chi connectivity index (χ4n) is 2.03. The SMILES string of the molecule is CCC[C@@H]1OC(=O)[C@@H]1Cc1ccccc1. The lowest BCUT2D eigenvalue weighted by Gasteiger charge is -2.35. The molecule has 0 spiro atoms. The Morgan fingerprint density at radius 1 is 1.27 bits per heavy atom. The molecule has 1 aliphatic rings. The summed E-state index contributed by atoms with van der Waals surface area (Å²) in [4.78, 5) is 11.3. The van der Waals surface area contributed by atoms with Crippen molar-refractivity contribution < 1.29 is 9.53 Å². The van der Waals surface area contributed by atoms with Crippen LogP contribution in [0.1, 0.15) is 25.3 Å². The van der Waals surface area contributed by atoms with E-state index >= 15 is 0 Å². The van der Waals surface area contributed by atoms with Crippen LogP contribution in [0.2, 0.25) is 0 Å². The molecule has 0 aromatic heterocycles. The Hall–Kier alpha value is -1.31. The van der Waals surface area contributed by atoms with Gasteiger partial charge in [-0.25, -0.2) is 0 Å². The molecule has 0 bridgehead atoms. The molecule has 2 heteroatoms. The van der Waals surface area contributed by atoms with Crippen molar-refractivity contribution in [1.29, 1.82) is 0 Å². The number of cyclic esters (lactones) is 1. The van der Waals surface area contributed by atoms with Gasteiger partial charge in [0.15, 0.2) is 0 Å². The molecule has 1 saturated heterocycles. The summed E-state index contributed by atoms with van der Waals surface area (Å²) in [6, 6.07) is 10.1. The lowest BCUT2D eigenvalue weighted by Crippen LogP contribution is -2.46. The van der Waals surface area contributed by atoms with Gasteiger partial charge in [-0.05, 0) is 18.4 Å². The molecule has 1 fully saturated rings. The van der Waals surface area contributed by atoms with Crippen LogP contribution in [0.15, 0.2) is 30.3 Å². The Morgan fingerprint density at radius 3 is 2.60 bits per heavy atom. The minimum atomic E-state index is -0.0303. The third kappa shape index (κ3) is 2.20. The van der Waals surface area contributed by atoms with Gasteiger partial charge in [0.25, 0.3) is 0 Å². The zero-order valence-corrected chi connectivity index (χ0v) is 8.98. The van der Waals surface area contributed by atoms with E-state index in [4.69, 9.17) is 4.74 Å². The second-order valence-electron chi connectivity index (χ2n) is 4.06. The average molecular weight is 204 g/mol. The van der Waals surface area contributed by atoms with E-state index in [1.54, 1.807) is 0 Å². The van der Waals surface area contributed by atoms with Crippen molar-refractivity contribution in [2.75, 3.05) is 0 Å². The molecule has 2 nitrogen and oxygen atoms in total. The molecule has 1 heterocycles. The minimum Gasteiger partial charge on any atom is -0.461 e. The summed E-state index contributed by atoms with van der Waals surface area (Å²) < 4.78 is 5.13. The lowest BCUT2D eigenvalue weighted by atomic mass is 9.87. The van der Waals surface area contributed by atoms with Crippen LogP contribution in [-0.2, 0) is 16.0 Å². The molecule has 0 unspecified atom stereocenters. The van der Waals surface area contributed by atoms with Gasteiger partial charge in [0, 0.05) is 0 Å². The largest absolute Gasteiger partial charge is 0.461 e. The summed E-state index contributed by atoms with van der Waals surface area (Å²) in [5.74, 6) is 0.0599. The quantitative estimate of drug-likeness (QED) is 0.704. The third-order valence-electron chi connectivity index (χ3n) is 2.89. The minimum absolute atomic E-state index is 0.0303. The zero-order chi connectivity index (χ0) is 10.7. The van der Waals surface area contributed by atoms with Gasteiger partial charge in [0.1, 0.15) is 6.10 Å². The predicted molar refractivity (Wildman–Crippen MR) is 58.4 cm³/mol. The highest BCUT2D eigenvalue weighted by atomic mass is 16.6. The van der Waals surface area contributed by atoms with Gasteiger partial charge in [-0.3, -0.25) is 4.79 Å². The molecule has 1 aromatic rings. The monoisotopic (exact) mass is 204 g/mol. The van der Waals surface area contributed by atoms with Crippen LogP contribution in [0.3, 0.4) is 0 Å². The smallest absolute Gasteiger partial charge is 0.313 e. The summed E-state index contributed by atoms with van der Waals surface area (Å²) in [7, 11) is 0. The van der Waals surface area contributed by atoms with Crippen LogP contribution in [0, 0.1) is 5.92 Å². The van der Waals surface area contributed by atoms with Gasteiger partial charge in [-0.1, -0.05) is 43.7 Å². The molecule has 2 rings (SSSR count). The van der Waals surface area contributed by atoms with Gasteiger partial charge in [0.2, 0.25) is 0 Å². The van der Waals surface area contributed by atoms with Crippen molar-refractivity contribution in [3.63, 3.8) is 0 Å². The summed E-state index contributed by atoms with van der Waals surface area (Å²) in [5, 5.41) is 0. The van der Waals surface area contributed by atoms with Crippen molar-refractivity contribution >= 4 is 5.97 Å². The summed E-state index contributed by atoms with van der Waals surface area (Å²) >= 11 is 0. The number of carbonyl (C=O) groups excluding carboxylic acids is 1. The molecule has 2 atom stereocenters. The number of benzene rings is 1. The van der Waals surface area contributed by atoms with E-state index in [9.17, 15) is 4.79 Å². The van der Waals surface area contributed by atoms with Gasteiger partial charge in [-0.2, -0.15) is 0 Å². The van der Waals surface area contributed by atoms with E-state index in [0.29, 0.717) is 0 Å². The van der Waals surface area contributed by atoms with Crippen molar-refractivity contribution in [2.24, 2.45) is 5.92 Å². The lowest BCUT2D eigenvalue weighted by molar-refractivity contribution is -0.185. The number of esters is 1. The second-order valence-corrected chi connectivity index (χ2v) is 4.06. The first-order chi connectivity index (χ1) is 7.31. The van der Waals surface area contributed by atoms with Crippen LogP contribution >= 0.6 is 0 Å². The molecule has 0 saturated carbocycles. The normalized spacial score (nSPS) is 24.5. The number of hydrogen-bond donors (Lipinski definition) is 0. The van der Waals surface area contributed by atoms with Gasteiger partial charge >= 0.3 is 5.97 Å². The van der Waals surface area contributed by atoms with Crippen LogP contribution in [0.5, 0.6) is 0 Å². The first-order valence-electron chi connectivity index (χ1n) is 5.55. The molecular formula is C13H16O2. The highest BCUT2D eigenvalue weighted by Crippen LogP contribution is 2.29. The number of carbonyl (C=O) groups is 1. The maximum absolute atomic E-state index is 11.3. The van der Waals surface area contributed by atoms with Gasteiger partial charge in [-0.15, -0.1) is 0 Å². The van der Waals surface area contributed by atoms with Crippen LogP contribution in [-0.4, -0.2) is 12.1 Å². The van der Waals surface area contributed by atoms with E-state index in [1.807, 2.05) is 18.2 Å². The molecule has 1 aromatic carbocycles. The molecule has 0 aliphatic carbocycles. The van der Waals surface area contributed by atoms with Crippen LogP contribution < -0.4 is 0 Å². The van der Waals surface area contributed by atoms with E-state index < -0.39 is 0 Å². The Morgan fingerprint density at radius 2 is 2.00 bits per heavy atom. The Bertz CT molecular complexity index is 332. The molecule has 1 aliphatic heterocycles. The fraction of sp³-hybridized carbons (Fsp3) is 0.462. The number of rotatable bonds is 4. The predicted octanol–water partition coefficient (Wildman–Crippen LogP) is 2.57. The summed E-state index contributed by atoms with van der Waals surface area (Å²) in [6.07, 6.45) is 3.04. The van der Waals surface area contributed by atoms with Crippen molar-refractivity contribution in [3.8, 4) is 0 Å². The zero-order valence-electron chi connectivity index (χ0n) is 8.98. The molecule has 0 N–H and O–H groups in total. The Labute approximate surface area is 90.3 Å². The fourth-order valence-corrected chi connectivity index (χ4v) is 2.03. The maximum Gasteiger partial charge on any atom is 0.313 e. The summed E-state index contributed by atoms with van der Waals surface area (Å²) in [5.41, 5.74) is 1.22. The van der Waals surface area contributed by atoms with E-state index in [0.717, 1.165) is 19.3 Å². The third-order valence-corrected chi connectivity index (χ3v) is 2.89. The van der Waals surface area contributed by atoms with Crippen LogP contribution in [0.25, 0.3) is 0 Å². The van der Waals surface area contributed by atoms with E-state index in [1.165, 1.54) is 5.56 Å². The highest BCUT2D eigenvalue weighted by Gasteiger charge is 2.41. The Kier molecular flexibility index (Phi) is 3.05. The molecular weight excluding hydrogens is 188 g/mol. The standard InChI is InChI=1S/C13H16O2/c1-2-6-12-11(13(14)15-12)9-10-7-4-3-5-8-10/h3-5,7-8,11-12H,2,6,9H2,1H3/t11-,12+/m1/s1. The Balaban J connectivity index is 1.96. The molecule has 0 amide bonds. The first-order valence-corrected chi connectivity index (χ1v) is 5.55. The first kappa shape index (κ1) is 10.2. The van der Waals surface area contributed by atoms with E-state index in [-0.39, 0.29) is 18.0 Å². The topological polar surface area (TPSA) is 26.3 Å². The molecule has 0 radical (unpaired) electrons. The second kappa shape index (κ2) is 4.47.